The molecule has 0 heterocycles. The summed E-state index contributed by atoms with van der Waals surface area (Å²) < 4.78 is 0. The van der Waals surface area contributed by atoms with Gasteiger partial charge in [-0.05, 0) is 37.1 Å². The van der Waals surface area contributed by atoms with Crippen molar-refractivity contribution < 1.29 is 0 Å². The van der Waals surface area contributed by atoms with Crippen LogP contribution in [-0.2, 0) is 0 Å². The summed E-state index contributed by atoms with van der Waals surface area (Å²) in [7, 11) is 0. The molecule has 0 aliphatic carbocycles. The van der Waals surface area contributed by atoms with Crippen molar-refractivity contribution in [2.75, 3.05) is 11.1 Å². The Morgan fingerprint density at radius 3 is 2.57 bits per heavy atom. The molecule has 0 spiro atoms. The molecule has 0 radical (unpaired) electrons. The van der Waals surface area contributed by atoms with Crippen LogP contribution in [0.5, 0.6) is 0 Å². The first-order chi connectivity index (χ1) is 6.72. The zero-order valence-electron chi connectivity index (χ0n) is 8.42. The fourth-order valence-electron chi connectivity index (χ4n) is 1.13. The molecule has 3 heteroatoms. The van der Waals surface area contributed by atoms with Gasteiger partial charge in [0.15, 0.2) is 0 Å². The smallest absolute Gasteiger partial charge is 0.0797 e. The molecule has 0 bridgehead atoms. The number of anilines is 2. The van der Waals surface area contributed by atoms with Crippen LogP contribution >= 0.6 is 12.2 Å². The number of hydrogen-bond acceptors (Lipinski definition) is 2. The van der Waals surface area contributed by atoms with Crippen molar-refractivity contribution in [3.63, 3.8) is 0 Å². The Kier molecular flexibility index (Phi) is 4.40. The number of nitrogens with one attached hydrogen (secondary N) is 1. The topological polar surface area (TPSA) is 38.0 Å². The van der Waals surface area contributed by atoms with Gasteiger partial charge in [-0.25, -0.2) is 0 Å². The molecule has 2 nitrogen and oxygen atoms in total. The second-order valence-electron chi connectivity index (χ2n) is 3.27. The summed E-state index contributed by atoms with van der Waals surface area (Å²) in [5.74, 6) is 0. The molecule has 1 aromatic rings. The number of rotatable bonds is 4. The van der Waals surface area contributed by atoms with Gasteiger partial charge in [-0.3, -0.25) is 0 Å². The third-order valence-corrected chi connectivity index (χ3v) is 2.26. The largest absolute Gasteiger partial charge is 0.399 e. The molecule has 0 saturated heterocycles. The van der Waals surface area contributed by atoms with E-state index in [4.69, 9.17) is 18.0 Å². The Bertz CT molecular complexity index is 293. The van der Waals surface area contributed by atoms with Crippen LogP contribution in [-0.4, -0.2) is 4.99 Å². The molecule has 76 valence electrons. The van der Waals surface area contributed by atoms with Crippen LogP contribution in [0.1, 0.15) is 26.2 Å². The first-order valence-electron chi connectivity index (χ1n) is 4.87. The van der Waals surface area contributed by atoms with Crippen LogP contribution in [0, 0.1) is 0 Å². The lowest BCUT2D eigenvalue weighted by Crippen LogP contribution is -2.08. The van der Waals surface area contributed by atoms with E-state index in [9.17, 15) is 0 Å². The summed E-state index contributed by atoms with van der Waals surface area (Å²) in [6, 6.07) is 7.61. The fourth-order valence-corrected chi connectivity index (χ4v) is 1.39. The van der Waals surface area contributed by atoms with Crippen molar-refractivity contribution in [1.82, 2.24) is 0 Å². The molecular formula is C11H16N2S. The van der Waals surface area contributed by atoms with Crippen molar-refractivity contribution >= 4 is 28.6 Å². The van der Waals surface area contributed by atoms with Gasteiger partial charge in [-0.2, -0.15) is 0 Å². The van der Waals surface area contributed by atoms with Gasteiger partial charge in [0, 0.05) is 11.4 Å². The van der Waals surface area contributed by atoms with Crippen molar-refractivity contribution in [3.8, 4) is 0 Å². The minimum Gasteiger partial charge on any atom is -0.399 e. The molecule has 0 atom stereocenters. The summed E-state index contributed by atoms with van der Waals surface area (Å²) in [5, 5.41) is 3.18. The normalized spacial score (nSPS) is 9.79. The van der Waals surface area contributed by atoms with Crippen molar-refractivity contribution in [2.45, 2.75) is 26.2 Å². The zero-order valence-corrected chi connectivity index (χ0v) is 9.23. The van der Waals surface area contributed by atoms with Gasteiger partial charge in [0.1, 0.15) is 0 Å². The molecule has 0 unspecified atom stereocenters. The molecule has 0 aliphatic rings. The fraction of sp³-hybridized carbons (Fsp3) is 0.364. The predicted molar refractivity (Wildman–Crippen MR) is 66.6 cm³/mol. The van der Waals surface area contributed by atoms with Crippen LogP contribution in [0.25, 0.3) is 0 Å². The maximum Gasteiger partial charge on any atom is 0.0797 e. The maximum absolute atomic E-state index is 5.58. The number of unbranched alkanes of at least 4 members (excludes halogenated alkanes) is 1. The van der Waals surface area contributed by atoms with Crippen LogP contribution < -0.4 is 11.1 Å². The first kappa shape index (κ1) is 11.0. The van der Waals surface area contributed by atoms with E-state index in [1.165, 1.54) is 6.42 Å². The number of nitrogen functional groups attached to an aromatic ring is 1. The van der Waals surface area contributed by atoms with Gasteiger partial charge in [-0.1, -0.05) is 25.6 Å². The minimum atomic E-state index is 0.773. The van der Waals surface area contributed by atoms with E-state index in [0.717, 1.165) is 29.2 Å². The third kappa shape index (κ3) is 3.75. The summed E-state index contributed by atoms with van der Waals surface area (Å²) >= 11 is 5.19. The molecule has 0 amide bonds. The molecule has 14 heavy (non-hydrogen) atoms. The van der Waals surface area contributed by atoms with E-state index >= 15 is 0 Å². The van der Waals surface area contributed by atoms with E-state index in [0.29, 0.717) is 0 Å². The molecule has 0 aliphatic heterocycles. The summed E-state index contributed by atoms with van der Waals surface area (Å²) in [6.07, 6.45) is 3.26. The third-order valence-electron chi connectivity index (χ3n) is 1.95. The SMILES string of the molecule is CCCCC(=S)Nc1ccc(N)cc1. The van der Waals surface area contributed by atoms with Gasteiger partial charge in [0.25, 0.3) is 0 Å². The highest BCUT2D eigenvalue weighted by atomic mass is 32.1. The Balaban J connectivity index is 2.44. The average molecular weight is 208 g/mol. The standard InChI is InChI=1S/C11H16N2S/c1-2-3-4-11(14)13-10-7-5-9(12)6-8-10/h5-8H,2-4,12H2,1H3,(H,13,14). The van der Waals surface area contributed by atoms with E-state index < -0.39 is 0 Å². The number of benzene rings is 1. The summed E-state index contributed by atoms with van der Waals surface area (Å²) in [5.41, 5.74) is 7.36. The van der Waals surface area contributed by atoms with Gasteiger partial charge < -0.3 is 11.1 Å². The van der Waals surface area contributed by atoms with E-state index in [1.54, 1.807) is 0 Å². The monoisotopic (exact) mass is 208 g/mol. The van der Waals surface area contributed by atoms with Crippen LogP contribution in [0.15, 0.2) is 24.3 Å². The Morgan fingerprint density at radius 2 is 2.00 bits per heavy atom. The highest BCUT2D eigenvalue weighted by Crippen LogP contribution is 2.11. The minimum absolute atomic E-state index is 0.773. The molecule has 0 aromatic heterocycles. The quantitative estimate of drug-likeness (QED) is 0.589. The lowest BCUT2D eigenvalue weighted by Gasteiger charge is -2.07. The number of thiocarbonyl (C=S) groups is 1. The van der Waals surface area contributed by atoms with E-state index in [-0.39, 0.29) is 0 Å². The summed E-state index contributed by atoms with van der Waals surface area (Å²) in [4.78, 5) is 0.900. The lowest BCUT2D eigenvalue weighted by molar-refractivity contribution is 0.839. The number of hydrogen-bond donors (Lipinski definition) is 2. The van der Waals surface area contributed by atoms with Gasteiger partial charge in [0.2, 0.25) is 0 Å². The van der Waals surface area contributed by atoms with Gasteiger partial charge in [0.05, 0.1) is 4.99 Å². The zero-order chi connectivity index (χ0) is 10.4. The highest BCUT2D eigenvalue weighted by molar-refractivity contribution is 7.80. The second kappa shape index (κ2) is 5.60. The predicted octanol–water partition coefficient (Wildman–Crippen LogP) is 3.20. The van der Waals surface area contributed by atoms with Crippen LogP contribution in [0.2, 0.25) is 0 Å². The molecule has 1 aromatic carbocycles. The van der Waals surface area contributed by atoms with Gasteiger partial charge >= 0.3 is 0 Å². The highest BCUT2D eigenvalue weighted by Gasteiger charge is 1.96. The van der Waals surface area contributed by atoms with Crippen molar-refractivity contribution in [3.05, 3.63) is 24.3 Å². The molecule has 1 rings (SSSR count). The van der Waals surface area contributed by atoms with Crippen molar-refractivity contribution in [2.24, 2.45) is 0 Å². The Hall–Kier alpha value is -1.09. The second-order valence-corrected chi connectivity index (χ2v) is 3.77. The molecular weight excluding hydrogens is 192 g/mol. The van der Waals surface area contributed by atoms with E-state index in [1.807, 2.05) is 24.3 Å². The van der Waals surface area contributed by atoms with Crippen LogP contribution in [0.4, 0.5) is 11.4 Å². The number of nitrogens with two attached hydrogens (primary N) is 1. The summed E-state index contributed by atoms with van der Waals surface area (Å²) in [6.45, 7) is 2.16. The molecule has 3 N–H and O–H groups in total. The average Bonchev–Trinajstić information content (AvgIpc) is 2.18. The van der Waals surface area contributed by atoms with Gasteiger partial charge in [-0.15, -0.1) is 0 Å². The maximum atomic E-state index is 5.58. The Labute approximate surface area is 90.5 Å². The van der Waals surface area contributed by atoms with E-state index in [2.05, 4.69) is 12.2 Å². The molecule has 0 fully saturated rings. The Morgan fingerprint density at radius 1 is 1.36 bits per heavy atom. The lowest BCUT2D eigenvalue weighted by atomic mass is 10.2. The van der Waals surface area contributed by atoms with Crippen molar-refractivity contribution in [1.29, 1.82) is 0 Å². The first-order valence-corrected chi connectivity index (χ1v) is 5.28. The van der Waals surface area contributed by atoms with Crippen LogP contribution in [0.3, 0.4) is 0 Å². The molecule has 0 saturated carbocycles.